The minimum absolute atomic E-state index is 0.185. The Hall–Kier alpha value is -1.60. The Kier molecular flexibility index (Phi) is 3.83. The van der Waals surface area contributed by atoms with Crippen LogP contribution in [-0.4, -0.2) is 18.0 Å². The Labute approximate surface area is 115 Å². The van der Waals surface area contributed by atoms with Crippen LogP contribution in [0.4, 0.5) is 5.69 Å². The highest BCUT2D eigenvalue weighted by atomic mass is 79.9. The van der Waals surface area contributed by atoms with Gasteiger partial charge in [0.2, 0.25) is 5.43 Å². The summed E-state index contributed by atoms with van der Waals surface area (Å²) in [5, 5.41) is 4.29. The quantitative estimate of drug-likeness (QED) is 0.909. The van der Waals surface area contributed by atoms with Gasteiger partial charge in [-0.05, 0) is 27.4 Å². The number of methoxy groups -OCH3 is 1. The van der Waals surface area contributed by atoms with Crippen molar-refractivity contribution in [1.29, 1.82) is 0 Å². The third-order valence-electron chi connectivity index (χ3n) is 2.20. The lowest BCUT2D eigenvalue weighted by Crippen LogP contribution is -2.18. The maximum Gasteiger partial charge on any atom is 0.269 e. The average Bonchev–Trinajstić information content (AvgIpc) is 2.83. The molecule has 0 saturated heterocycles. The van der Waals surface area contributed by atoms with E-state index in [1.54, 1.807) is 11.4 Å². The number of pyridine rings is 1. The van der Waals surface area contributed by atoms with E-state index in [-0.39, 0.29) is 17.0 Å². The number of amides is 1. The lowest BCUT2D eigenvalue weighted by atomic mass is 10.3. The first-order chi connectivity index (χ1) is 8.63. The number of rotatable bonds is 3. The second-order valence-corrected chi connectivity index (χ2v) is 5.09. The van der Waals surface area contributed by atoms with Crippen molar-refractivity contribution in [3.8, 4) is 5.75 Å². The minimum atomic E-state index is -0.370. The smallest absolute Gasteiger partial charge is 0.269 e. The first-order valence-corrected chi connectivity index (χ1v) is 6.60. The summed E-state index contributed by atoms with van der Waals surface area (Å²) in [6.07, 6.45) is 2.94. The van der Waals surface area contributed by atoms with E-state index < -0.39 is 0 Å². The Morgan fingerprint density at radius 1 is 1.50 bits per heavy atom. The summed E-state index contributed by atoms with van der Waals surface area (Å²) >= 11 is 4.35. The van der Waals surface area contributed by atoms with Crippen molar-refractivity contribution in [3.05, 3.63) is 43.4 Å². The molecule has 2 aromatic rings. The van der Waals surface area contributed by atoms with Gasteiger partial charge < -0.3 is 15.0 Å². The highest BCUT2D eigenvalue weighted by Crippen LogP contribution is 2.25. The lowest BCUT2D eigenvalue weighted by Gasteiger charge is -2.04. The number of ether oxygens (including phenoxy) is 1. The van der Waals surface area contributed by atoms with Gasteiger partial charge in [0, 0.05) is 12.4 Å². The van der Waals surface area contributed by atoms with Crippen LogP contribution in [-0.2, 0) is 0 Å². The molecule has 2 rings (SSSR count). The van der Waals surface area contributed by atoms with Crippen molar-refractivity contribution in [2.45, 2.75) is 0 Å². The molecular formula is C11H9BrN2O3S. The van der Waals surface area contributed by atoms with Crippen molar-refractivity contribution in [3.63, 3.8) is 0 Å². The van der Waals surface area contributed by atoms with Crippen molar-refractivity contribution < 1.29 is 9.53 Å². The Balaban J connectivity index is 2.27. The summed E-state index contributed by atoms with van der Waals surface area (Å²) in [7, 11) is 1.49. The fourth-order valence-corrected chi connectivity index (χ4v) is 2.45. The summed E-state index contributed by atoms with van der Waals surface area (Å²) in [6, 6.07) is 1.70. The Morgan fingerprint density at radius 2 is 2.28 bits per heavy atom. The average molecular weight is 329 g/mol. The molecule has 2 heterocycles. The minimum Gasteiger partial charge on any atom is -0.495 e. The fourth-order valence-electron chi connectivity index (χ4n) is 1.35. The molecule has 7 heteroatoms. The molecular weight excluding hydrogens is 320 g/mol. The largest absolute Gasteiger partial charge is 0.495 e. The van der Waals surface area contributed by atoms with Gasteiger partial charge in [-0.3, -0.25) is 9.59 Å². The van der Waals surface area contributed by atoms with Gasteiger partial charge in [-0.25, -0.2) is 0 Å². The van der Waals surface area contributed by atoms with Gasteiger partial charge in [0.25, 0.3) is 5.91 Å². The van der Waals surface area contributed by atoms with E-state index in [1.807, 2.05) is 0 Å². The van der Waals surface area contributed by atoms with Crippen LogP contribution in [0.25, 0.3) is 0 Å². The van der Waals surface area contributed by atoms with Crippen LogP contribution in [0.3, 0.4) is 0 Å². The molecule has 5 nitrogen and oxygen atoms in total. The number of hydrogen-bond donors (Lipinski definition) is 2. The van der Waals surface area contributed by atoms with Crippen LogP contribution < -0.4 is 15.5 Å². The van der Waals surface area contributed by atoms with Gasteiger partial charge in [0.05, 0.1) is 11.6 Å². The number of aromatic nitrogens is 1. The number of anilines is 1. The van der Waals surface area contributed by atoms with E-state index in [1.165, 1.54) is 30.8 Å². The van der Waals surface area contributed by atoms with E-state index in [2.05, 4.69) is 26.2 Å². The van der Waals surface area contributed by atoms with E-state index in [0.717, 1.165) is 0 Å². The van der Waals surface area contributed by atoms with Gasteiger partial charge in [-0.15, -0.1) is 11.3 Å². The molecule has 2 N–H and O–H groups in total. The number of H-pyrrole nitrogens is 1. The van der Waals surface area contributed by atoms with Gasteiger partial charge in [-0.2, -0.15) is 0 Å². The molecule has 0 aromatic carbocycles. The molecule has 0 atom stereocenters. The first-order valence-electron chi connectivity index (χ1n) is 4.93. The number of nitrogens with one attached hydrogen (secondary N) is 2. The molecule has 0 bridgehead atoms. The highest BCUT2D eigenvalue weighted by molar-refractivity contribution is 9.10. The molecule has 2 aromatic heterocycles. The Morgan fingerprint density at radius 3 is 3.00 bits per heavy atom. The second kappa shape index (κ2) is 5.36. The van der Waals surface area contributed by atoms with E-state index in [9.17, 15) is 9.59 Å². The molecule has 0 fully saturated rings. The van der Waals surface area contributed by atoms with Crippen molar-refractivity contribution >= 4 is 38.9 Å². The number of thiophene rings is 1. The third kappa shape index (κ3) is 2.46. The molecule has 0 unspecified atom stereocenters. The zero-order valence-electron chi connectivity index (χ0n) is 9.32. The number of aromatic amines is 1. The number of carbonyl (C=O) groups excluding carboxylic acids is 1. The van der Waals surface area contributed by atoms with Gasteiger partial charge in [0.15, 0.2) is 0 Å². The molecule has 0 aliphatic rings. The predicted molar refractivity (Wildman–Crippen MR) is 73.6 cm³/mol. The Bertz CT molecular complexity index is 635. The van der Waals surface area contributed by atoms with Crippen molar-refractivity contribution in [2.24, 2.45) is 0 Å². The normalized spacial score (nSPS) is 10.1. The standard InChI is InChI=1S/C11H9BrN2O3S/c1-17-8-2-3-18-10(8)11(16)14-7-5-13-4-6(12)9(7)15/h2-5H,1H3,(H,13,15)(H,14,16). The summed E-state index contributed by atoms with van der Waals surface area (Å²) in [5.74, 6) is 0.120. The van der Waals surface area contributed by atoms with Gasteiger partial charge in [0.1, 0.15) is 16.3 Å². The van der Waals surface area contributed by atoms with Crippen LogP contribution in [0.1, 0.15) is 9.67 Å². The number of halogens is 1. The third-order valence-corrected chi connectivity index (χ3v) is 3.69. The zero-order chi connectivity index (χ0) is 13.1. The van der Waals surface area contributed by atoms with Gasteiger partial charge in [-0.1, -0.05) is 0 Å². The molecule has 0 saturated carbocycles. The first kappa shape index (κ1) is 12.8. The van der Waals surface area contributed by atoms with Crippen molar-refractivity contribution in [1.82, 2.24) is 4.98 Å². The van der Waals surface area contributed by atoms with Crippen molar-refractivity contribution in [2.75, 3.05) is 12.4 Å². The molecule has 0 radical (unpaired) electrons. The molecule has 1 amide bonds. The summed E-state index contributed by atoms with van der Waals surface area (Å²) < 4.78 is 5.41. The number of hydrogen-bond acceptors (Lipinski definition) is 4. The van der Waals surface area contributed by atoms with E-state index in [4.69, 9.17) is 4.74 Å². The second-order valence-electron chi connectivity index (χ2n) is 3.32. The molecule has 94 valence electrons. The zero-order valence-corrected chi connectivity index (χ0v) is 11.7. The predicted octanol–water partition coefficient (Wildman–Crippen LogP) is 2.46. The molecule has 0 aliphatic heterocycles. The molecule has 0 spiro atoms. The lowest BCUT2D eigenvalue weighted by molar-refractivity contribution is 0.102. The summed E-state index contributed by atoms with van der Waals surface area (Å²) in [4.78, 5) is 26.9. The highest BCUT2D eigenvalue weighted by Gasteiger charge is 2.15. The maximum absolute atomic E-state index is 12.0. The summed E-state index contributed by atoms with van der Waals surface area (Å²) in [5.41, 5.74) is -0.0950. The van der Waals surface area contributed by atoms with Crippen LogP contribution >= 0.6 is 27.3 Å². The van der Waals surface area contributed by atoms with Gasteiger partial charge >= 0.3 is 0 Å². The van der Waals surface area contributed by atoms with Crippen LogP contribution in [0.2, 0.25) is 0 Å². The van der Waals surface area contributed by atoms with Crippen LogP contribution in [0.15, 0.2) is 33.1 Å². The van der Waals surface area contributed by atoms with Crippen LogP contribution in [0.5, 0.6) is 5.75 Å². The summed E-state index contributed by atoms with van der Waals surface area (Å²) in [6.45, 7) is 0. The maximum atomic E-state index is 12.0. The topological polar surface area (TPSA) is 71.2 Å². The van der Waals surface area contributed by atoms with E-state index >= 15 is 0 Å². The fraction of sp³-hybridized carbons (Fsp3) is 0.0909. The number of carbonyl (C=O) groups is 1. The van der Waals surface area contributed by atoms with E-state index in [0.29, 0.717) is 15.1 Å². The van der Waals surface area contributed by atoms with Crippen LogP contribution in [0, 0.1) is 0 Å². The monoisotopic (exact) mass is 328 g/mol. The molecule has 0 aliphatic carbocycles. The molecule has 18 heavy (non-hydrogen) atoms. The SMILES string of the molecule is COc1ccsc1C(=O)Nc1c[nH]cc(Br)c1=O.